The third kappa shape index (κ3) is 5.91. The van der Waals surface area contributed by atoms with Crippen molar-refractivity contribution in [2.24, 2.45) is 5.92 Å². The number of piperidine rings is 1. The first-order valence-electron chi connectivity index (χ1n) is 11.3. The molecule has 1 aromatic carbocycles. The summed E-state index contributed by atoms with van der Waals surface area (Å²) in [5.41, 5.74) is 2.14. The predicted molar refractivity (Wildman–Crippen MR) is 132 cm³/mol. The number of benzene rings is 1. The molecule has 2 amide bonds. The quantitative estimate of drug-likeness (QED) is 0.502. The van der Waals surface area contributed by atoms with E-state index in [1.54, 1.807) is 13.2 Å². The van der Waals surface area contributed by atoms with Gasteiger partial charge in [-0.15, -0.1) is 11.3 Å². The van der Waals surface area contributed by atoms with E-state index in [0.29, 0.717) is 34.5 Å². The summed E-state index contributed by atoms with van der Waals surface area (Å²) in [5, 5.41) is 5.93. The molecule has 9 heteroatoms. The highest BCUT2D eigenvalue weighted by molar-refractivity contribution is 7.14. The summed E-state index contributed by atoms with van der Waals surface area (Å²) in [4.78, 5) is 33.6. The lowest BCUT2D eigenvalue weighted by atomic mass is 9.97. The molecule has 1 atom stereocenters. The van der Waals surface area contributed by atoms with Gasteiger partial charge in [0, 0.05) is 29.8 Å². The zero-order chi connectivity index (χ0) is 24.1. The molecular weight excluding hydrogens is 452 g/mol. The standard InChI is InChI=1S/C25H30N4O4S/c1-16-21(13-26-24(31)22-10-9-20(34-22)15-32-3)28-25(33-16)17-6-4-8-19(12-17)27-23(30)18-7-5-11-29(2)14-18/h4,6,8-10,12,18H,5,7,11,13-15H2,1-3H3,(H,26,31)(H,27,30)/t18-/m1/s1. The van der Waals surface area contributed by atoms with Crippen LogP contribution in [0.1, 0.15) is 38.8 Å². The van der Waals surface area contributed by atoms with E-state index < -0.39 is 0 Å². The Labute approximate surface area is 203 Å². The summed E-state index contributed by atoms with van der Waals surface area (Å²) in [6.45, 7) is 4.38. The molecule has 4 rings (SSSR count). The number of methoxy groups -OCH3 is 1. The van der Waals surface area contributed by atoms with Crippen LogP contribution in [0.3, 0.4) is 0 Å². The number of hydrogen-bond acceptors (Lipinski definition) is 7. The van der Waals surface area contributed by atoms with Crippen molar-refractivity contribution in [3.8, 4) is 11.5 Å². The normalized spacial score (nSPS) is 16.4. The number of anilines is 1. The number of rotatable bonds is 8. The lowest BCUT2D eigenvalue weighted by Gasteiger charge is -2.28. The summed E-state index contributed by atoms with van der Waals surface area (Å²) in [6.07, 6.45) is 1.94. The van der Waals surface area contributed by atoms with Crippen molar-refractivity contribution >= 4 is 28.8 Å². The molecule has 2 N–H and O–H groups in total. The predicted octanol–water partition coefficient (Wildman–Crippen LogP) is 4.07. The molecule has 1 saturated heterocycles. The van der Waals surface area contributed by atoms with E-state index in [1.165, 1.54) is 11.3 Å². The molecule has 1 aliphatic heterocycles. The highest BCUT2D eigenvalue weighted by Crippen LogP contribution is 2.26. The Hall–Kier alpha value is -3.01. The fourth-order valence-corrected chi connectivity index (χ4v) is 4.94. The average Bonchev–Trinajstić information content (AvgIpc) is 3.44. The summed E-state index contributed by atoms with van der Waals surface area (Å²) in [5.74, 6) is 0.970. The van der Waals surface area contributed by atoms with Gasteiger partial charge in [0.1, 0.15) is 11.5 Å². The van der Waals surface area contributed by atoms with Crippen LogP contribution in [-0.4, -0.2) is 48.9 Å². The van der Waals surface area contributed by atoms with E-state index >= 15 is 0 Å². The fraction of sp³-hybridized carbons (Fsp3) is 0.400. The number of hydrogen-bond donors (Lipinski definition) is 2. The molecule has 2 aromatic heterocycles. The Balaban J connectivity index is 1.39. The monoisotopic (exact) mass is 482 g/mol. The molecule has 8 nitrogen and oxygen atoms in total. The van der Waals surface area contributed by atoms with Gasteiger partial charge in [-0.2, -0.15) is 0 Å². The number of carbonyl (C=O) groups is 2. The van der Waals surface area contributed by atoms with Crippen molar-refractivity contribution in [1.29, 1.82) is 0 Å². The Bertz CT molecular complexity index is 1160. The van der Waals surface area contributed by atoms with Crippen LogP contribution in [0.15, 0.2) is 40.8 Å². The molecule has 0 unspecified atom stereocenters. The first kappa shape index (κ1) is 24.1. The van der Waals surface area contributed by atoms with Crippen molar-refractivity contribution < 1.29 is 18.7 Å². The van der Waals surface area contributed by atoms with Crippen LogP contribution in [-0.2, 0) is 22.7 Å². The highest BCUT2D eigenvalue weighted by Gasteiger charge is 2.24. The topological polar surface area (TPSA) is 96.7 Å². The maximum Gasteiger partial charge on any atom is 0.261 e. The maximum absolute atomic E-state index is 12.7. The number of nitrogens with one attached hydrogen (secondary N) is 2. The van der Waals surface area contributed by atoms with Gasteiger partial charge in [0.05, 0.1) is 23.9 Å². The molecular formula is C25H30N4O4S. The lowest BCUT2D eigenvalue weighted by molar-refractivity contribution is -0.121. The van der Waals surface area contributed by atoms with E-state index in [1.807, 2.05) is 44.3 Å². The molecule has 180 valence electrons. The van der Waals surface area contributed by atoms with Gasteiger partial charge in [-0.3, -0.25) is 9.59 Å². The van der Waals surface area contributed by atoms with Gasteiger partial charge in [-0.25, -0.2) is 4.98 Å². The van der Waals surface area contributed by atoms with Gasteiger partial charge in [0.2, 0.25) is 11.8 Å². The summed E-state index contributed by atoms with van der Waals surface area (Å²) in [6, 6.07) is 11.2. The van der Waals surface area contributed by atoms with Crippen LogP contribution in [0.5, 0.6) is 0 Å². The summed E-state index contributed by atoms with van der Waals surface area (Å²) in [7, 11) is 3.67. The number of likely N-dealkylation sites (tertiary alicyclic amines) is 1. The highest BCUT2D eigenvalue weighted by atomic mass is 32.1. The zero-order valence-electron chi connectivity index (χ0n) is 19.7. The van der Waals surface area contributed by atoms with Gasteiger partial charge in [0.25, 0.3) is 5.91 Å². The van der Waals surface area contributed by atoms with Crippen molar-refractivity contribution in [1.82, 2.24) is 15.2 Å². The van der Waals surface area contributed by atoms with E-state index in [0.717, 1.165) is 36.4 Å². The number of aryl methyl sites for hydroxylation is 1. The van der Waals surface area contributed by atoms with E-state index in [2.05, 4.69) is 20.5 Å². The van der Waals surface area contributed by atoms with Crippen LogP contribution in [0, 0.1) is 12.8 Å². The summed E-state index contributed by atoms with van der Waals surface area (Å²) < 4.78 is 11.0. The minimum absolute atomic E-state index is 0.00414. The molecule has 0 radical (unpaired) electrons. The molecule has 0 bridgehead atoms. The van der Waals surface area contributed by atoms with Crippen LogP contribution < -0.4 is 10.6 Å². The Morgan fingerprint density at radius 1 is 1.29 bits per heavy atom. The number of ether oxygens (including phenoxy) is 1. The van der Waals surface area contributed by atoms with Gasteiger partial charge >= 0.3 is 0 Å². The maximum atomic E-state index is 12.7. The minimum atomic E-state index is -0.158. The third-order valence-electron chi connectivity index (χ3n) is 5.85. The number of amides is 2. The van der Waals surface area contributed by atoms with Crippen LogP contribution in [0.2, 0.25) is 0 Å². The van der Waals surface area contributed by atoms with Gasteiger partial charge in [-0.05, 0) is 63.7 Å². The Morgan fingerprint density at radius 3 is 2.94 bits per heavy atom. The fourth-order valence-electron chi connectivity index (χ4n) is 4.04. The molecule has 0 saturated carbocycles. The zero-order valence-corrected chi connectivity index (χ0v) is 20.5. The van der Waals surface area contributed by atoms with Crippen molar-refractivity contribution in [3.63, 3.8) is 0 Å². The molecule has 0 spiro atoms. The number of carbonyl (C=O) groups excluding carboxylic acids is 2. The Kier molecular flexibility index (Phi) is 7.77. The van der Waals surface area contributed by atoms with Gasteiger partial charge < -0.3 is 24.7 Å². The minimum Gasteiger partial charge on any atom is -0.441 e. The summed E-state index contributed by atoms with van der Waals surface area (Å²) >= 11 is 1.41. The number of aromatic nitrogens is 1. The van der Waals surface area contributed by atoms with Crippen molar-refractivity contribution in [3.05, 3.63) is 57.6 Å². The average molecular weight is 483 g/mol. The molecule has 0 aliphatic carbocycles. The SMILES string of the molecule is COCc1ccc(C(=O)NCc2nc(-c3cccc(NC(=O)[C@@H]4CCCN(C)C4)c3)oc2C)s1. The largest absolute Gasteiger partial charge is 0.441 e. The van der Waals surface area contributed by atoms with Gasteiger partial charge in [0.15, 0.2) is 0 Å². The molecule has 1 aliphatic rings. The van der Waals surface area contributed by atoms with E-state index in [-0.39, 0.29) is 24.3 Å². The van der Waals surface area contributed by atoms with E-state index in [4.69, 9.17) is 9.15 Å². The molecule has 34 heavy (non-hydrogen) atoms. The second-order valence-electron chi connectivity index (χ2n) is 8.57. The first-order chi connectivity index (χ1) is 16.4. The lowest BCUT2D eigenvalue weighted by Crippen LogP contribution is -2.38. The molecule has 3 heterocycles. The second kappa shape index (κ2) is 10.9. The molecule has 1 fully saturated rings. The van der Waals surface area contributed by atoms with Crippen LogP contribution >= 0.6 is 11.3 Å². The van der Waals surface area contributed by atoms with Gasteiger partial charge in [-0.1, -0.05) is 6.07 Å². The number of nitrogens with zero attached hydrogens (tertiary/aromatic N) is 2. The number of oxazole rings is 1. The van der Waals surface area contributed by atoms with E-state index in [9.17, 15) is 9.59 Å². The first-order valence-corrected chi connectivity index (χ1v) is 12.2. The third-order valence-corrected chi connectivity index (χ3v) is 6.91. The van der Waals surface area contributed by atoms with Crippen LogP contribution in [0.4, 0.5) is 5.69 Å². The van der Waals surface area contributed by atoms with Crippen molar-refractivity contribution in [2.75, 3.05) is 32.6 Å². The Morgan fingerprint density at radius 2 is 2.15 bits per heavy atom. The second-order valence-corrected chi connectivity index (χ2v) is 9.74. The van der Waals surface area contributed by atoms with Crippen molar-refractivity contribution in [2.45, 2.75) is 32.9 Å². The number of thiophene rings is 1. The van der Waals surface area contributed by atoms with Crippen LogP contribution in [0.25, 0.3) is 11.5 Å². The molecule has 3 aromatic rings. The smallest absolute Gasteiger partial charge is 0.261 e.